The Kier molecular flexibility index (Phi) is 7.65. The molecule has 1 aliphatic rings. The molecule has 1 fully saturated rings. The number of aryl methyl sites for hydroxylation is 2. The molecule has 3 heterocycles. The Hall–Kier alpha value is -3.20. The summed E-state index contributed by atoms with van der Waals surface area (Å²) in [5.41, 5.74) is 6.49. The van der Waals surface area contributed by atoms with Crippen LogP contribution in [0.15, 0.2) is 60.1 Å². The summed E-state index contributed by atoms with van der Waals surface area (Å²) in [6.45, 7) is 9.61. The molecule has 2 amide bonds. The number of hydrogen-bond acceptors (Lipinski definition) is 5. The Morgan fingerprint density at radius 1 is 1.03 bits per heavy atom. The number of morpholine rings is 1. The Labute approximate surface area is 216 Å². The van der Waals surface area contributed by atoms with Gasteiger partial charge in [-0.25, -0.2) is 9.78 Å². The summed E-state index contributed by atoms with van der Waals surface area (Å²) >= 11 is 1.64. The third-order valence-electron chi connectivity index (χ3n) is 6.65. The van der Waals surface area contributed by atoms with Crippen molar-refractivity contribution in [1.82, 2.24) is 19.2 Å². The van der Waals surface area contributed by atoms with E-state index in [-0.39, 0.29) is 6.03 Å². The molecule has 0 unspecified atom stereocenters. The largest absolute Gasteiger partial charge is 0.379 e. The monoisotopic (exact) mass is 503 g/mol. The van der Waals surface area contributed by atoms with E-state index >= 15 is 0 Å². The van der Waals surface area contributed by atoms with Crippen LogP contribution in [0.2, 0.25) is 0 Å². The Bertz CT molecular complexity index is 1290. The number of imidazole rings is 1. The molecule has 36 heavy (non-hydrogen) atoms. The third-order valence-corrected chi connectivity index (χ3v) is 7.54. The highest BCUT2D eigenvalue weighted by molar-refractivity contribution is 7.15. The van der Waals surface area contributed by atoms with Gasteiger partial charge in [0.25, 0.3) is 0 Å². The van der Waals surface area contributed by atoms with Gasteiger partial charge < -0.3 is 15.0 Å². The highest BCUT2D eigenvalue weighted by Crippen LogP contribution is 2.24. The van der Waals surface area contributed by atoms with E-state index in [2.05, 4.69) is 57.4 Å². The summed E-state index contributed by atoms with van der Waals surface area (Å²) in [7, 11) is 0. The first-order chi connectivity index (χ1) is 17.5. The van der Waals surface area contributed by atoms with Gasteiger partial charge in [0.1, 0.15) is 0 Å². The van der Waals surface area contributed by atoms with E-state index in [0.717, 1.165) is 61.2 Å². The van der Waals surface area contributed by atoms with Crippen LogP contribution >= 0.6 is 11.3 Å². The molecule has 2 aromatic carbocycles. The van der Waals surface area contributed by atoms with Crippen LogP contribution in [0.25, 0.3) is 16.2 Å². The predicted octanol–water partition coefficient (Wildman–Crippen LogP) is 5.09. The first kappa shape index (κ1) is 24.5. The second-order valence-electron chi connectivity index (χ2n) is 9.36. The van der Waals surface area contributed by atoms with E-state index < -0.39 is 0 Å². The number of thiazole rings is 1. The van der Waals surface area contributed by atoms with Crippen molar-refractivity contribution in [2.45, 2.75) is 20.3 Å². The fraction of sp³-hybridized carbons (Fsp3) is 0.357. The van der Waals surface area contributed by atoms with Crippen LogP contribution in [0.1, 0.15) is 16.8 Å². The molecule has 188 valence electrons. The number of anilines is 1. The number of nitrogens with one attached hydrogen (secondary N) is 1. The number of ether oxygens (including phenoxy) is 1. The maximum atomic E-state index is 13.3. The summed E-state index contributed by atoms with van der Waals surface area (Å²) in [4.78, 5) is 23.4. The molecule has 1 aliphatic heterocycles. The van der Waals surface area contributed by atoms with E-state index in [1.807, 2.05) is 36.1 Å². The van der Waals surface area contributed by atoms with E-state index in [0.29, 0.717) is 13.1 Å². The molecular formula is C28H33N5O2S. The number of amides is 2. The summed E-state index contributed by atoms with van der Waals surface area (Å²) in [5, 5.41) is 5.23. The highest BCUT2D eigenvalue weighted by Gasteiger charge is 2.18. The van der Waals surface area contributed by atoms with Crippen molar-refractivity contribution >= 4 is 28.0 Å². The first-order valence-corrected chi connectivity index (χ1v) is 13.4. The zero-order chi connectivity index (χ0) is 24.9. The molecule has 1 N–H and O–H groups in total. The molecule has 2 aromatic heterocycles. The van der Waals surface area contributed by atoms with Gasteiger partial charge in [0.2, 0.25) is 0 Å². The molecule has 1 saturated heterocycles. The molecule has 5 rings (SSSR count). The number of nitrogens with zero attached hydrogens (tertiary/aromatic N) is 4. The van der Waals surface area contributed by atoms with Crippen LogP contribution in [-0.4, -0.2) is 71.2 Å². The molecule has 0 saturated carbocycles. The maximum absolute atomic E-state index is 13.3. The van der Waals surface area contributed by atoms with Crippen LogP contribution in [0, 0.1) is 13.8 Å². The number of benzene rings is 2. The summed E-state index contributed by atoms with van der Waals surface area (Å²) in [6.07, 6.45) is 2.87. The number of hydrogen-bond donors (Lipinski definition) is 1. The van der Waals surface area contributed by atoms with E-state index in [1.54, 1.807) is 11.3 Å². The van der Waals surface area contributed by atoms with Gasteiger partial charge >= 0.3 is 6.03 Å². The molecule has 0 spiro atoms. The second kappa shape index (κ2) is 11.2. The smallest absolute Gasteiger partial charge is 0.321 e. The lowest BCUT2D eigenvalue weighted by molar-refractivity contribution is 0.0352. The summed E-state index contributed by atoms with van der Waals surface area (Å²) < 4.78 is 7.64. The number of fused-ring (bicyclic) bond motifs is 1. The molecule has 0 bridgehead atoms. The van der Waals surface area contributed by atoms with E-state index in [9.17, 15) is 4.79 Å². The lowest BCUT2D eigenvalue weighted by Crippen LogP contribution is -2.45. The van der Waals surface area contributed by atoms with Gasteiger partial charge in [-0.05, 0) is 26.0 Å². The Morgan fingerprint density at radius 2 is 1.72 bits per heavy atom. The van der Waals surface area contributed by atoms with Crippen molar-refractivity contribution < 1.29 is 9.53 Å². The molecule has 0 aliphatic carbocycles. The zero-order valence-electron chi connectivity index (χ0n) is 20.9. The van der Waals surface area contributed by atoms with E-state index in [1.165, 1.54) is 16.8 Å². The summed E-state index contributed by atoms with van der Waals surface area (Å²) in [5.74, 6) is 0. The number of rotatable bonds is 8. The van der Waals surface area contributed by atoms with Crippen molar-refractivity contribution in [1.29, 1.82) is 0 Å². The minimum Gasteiger partial charge on any atom is -0.379 e. The maximum Gasteiger partial charge on any atom is 0.321 e. The fourth-order valence-electron chi connectivity index (χ4n) is 4.36. The summed E-state index contributed by atoms with van der Waals surface area (Å²) in [6, 6.07) is 16.3. The lowest BCUT2D eigenvalue weighted by atomic mass is 10.1. The zero-order valence-corrected chi connectivity index (χ0v) is 21.8. The van der Waals surface area contributed by atoms with Crippen molar-refractivity contribution in [2.75, 3.05) is 51.3 Å². The SMILES string of the molecule is Cc1ccc(NC(=O)N(CCc2csc3nc(-c4ccc(C)cc4)cn23)CCN2CCOCC2)cc1. The van der Waals surface area contributed by atoms with Crippen LogP contribution < -0.4 is 5.32 Å². The average molecular weight is 504 g/mol. The molecule has 8 heteroatoms. The van der Waals surface area contributed by atoms with Crippen molar-refractivity contribution in [3.8, 4) is 11.3 Å². The average Bonchev–Trinajstić information content (AvgIpc) is 3.48. The quantitative estimate of drug-likeness (QED) is 0.364. The number of urea groups is 1. The molecule has 0 atom stereocenters. The Balaban J connectivity index is 1.29. The normalized spacial score (nSPS) is 14.3. The topological polar surface area (TPSA) is 62.1 Å². The molecule has 4 aromatic rings. The first-order valence-electron chi connectivity index (χ1n) is 12.5. The number of carbonyl (C=O) groups excluding carboxylic acids is 1. The number of aromatic nitrogens is 2. The van der Waals surface area contributed by atoms with Crippen LogP contribution in [0.5, 0.6) is 0 Å². The Morgan fingerprint density at radius 3 is 2.44 bits per heavy atom. The van der Waals surface area contributed by atoms with Crippen molar-refractivity contribution in [2.24, 2.45) is 0 Å². The van der Waals surface area contributed by atoms with Gasteiger partial charge in [-0.2, -0.15) is 0 Å². The van der Waals surface area contributed by atoms with Crippen molar-refractivity contribution in [3.63, 3.8) is 0 Å². The molecule has 0 radical (unpaired) electrons. The lowest BCUT2D eigenvalue weighted by Gasteiger charge is -2.30. The minimum atomic E-state index is -0.0652. The van der Waals surface area contributed by atoms with Crippen molar-refractivity contribution in [3.05, 3.63) is 76.9 Å². The van der Waals surface area contributed by atoms with Gasteiger partial charge in [-0.3, -0.25) is 9.30 Å². The highest BCUT2D eigenvalue weighted by atomic mass is 32.1. The third kappa shape index (κ3) is 5.95. The molecule has 7 nitrogen and oxygen atoms in total. The minimum absolute atomic E-state index is 0.0652. The second-order valence-corrected chi connectivity index (χ2v) is 10.2. The van der Waals surface area contributed by atoms with Crippen LogP contribution in [0.3, 0.4) is 0 Å². The predicted molar refractivity (Wildman–Crippen MR) is 146 cm³/mol. The van der Waals surface area contributed by atoms with Gasteiger partial charge in [0, 0.05) is 67.7 Å². The van der Waals surface area contributed by atoms with Crippen LogP contribution in [0.4, 0.5) is 10.5 Å². The van der Waals surface area contributed by atoms with Crippen LogP contribution in [-0.2, 0) is 11.2 Å². The molecular weight excluding hydrogens is 470 g/mol. The standard InChI is InChI=1S/C28H33N5O2S/c1-21-3-7-23(8-4-21)26-19-33-25(20-36-28(33)30-26)11-12-32(14-13-31-15-17-35-18-16-31)27(34)29-24-9-5-22(2)6-10-24/h3-10,19-20H,11-18H2,1-2H3,(H,29,34). The van der Waals surface area contributed by atoms with Gasteiger partial charge in [0.05, 0.1) is 18.9 Å². The van der Waals surface area contributed by atoms with Gasteiger partial charge in [-0.15, -0.1) is 11.3 Å². The van der Waals surface area contributed by atoms with Gasteiger partial charge in [-0.1, -0.05) is 47.5 Å². The number of carbonyl (C=O) groups is 1. The van der Waals surface area contributed by atoms with E-state index in [4.69, 9.17) is 9.72 Å². The fourth-order valence-corrected chi connectivity index (χ4v) is 5.27. The van der Waals surface area contributed by atoms with Gasteiger partial charge in [0.15, 0.2) is 4.96 Å².